The fraction of sp³-hybridized carbons (Fsp3) is 0.800. The molecule has 2 aliphatic rings. The van der Waals surface area contributed by atoms with Crippen molar-refractivity contribution in [3.63, 3.8) is 0 Å². The Balaban J connectivity index is 2.01. The quantitative estimate of drug-likeness (QED) is 0.589. The number of nitrogens with one attached hydrogen (secondary N) is 1. The van der Waals surface area contributed by atoms with Crippen LogP contribution in [0.3, 0.4) is 0 Å². The first-order chi connectivity index (χ1) is 6.24. The van der Waals surface area contributed by atoms with E-state index in [1.165, 1.54) is 0 Å². The number of aliphatic hydroxyl groups is 1. The highest BCUT2D eigenvalue weighted by Crippen LogP contribution is 2.26. The highest BCUT2D eigenvalue weighted by atomic mass is 16.3. The molecule has 0 spiro atoms. The molecule has 1 fully saturated rings. The Bertz CT molecular complexity index is 217. The van der Waals surface area contributed by atoms with Crippen LogP contribution < -0.4 is 5.32 Å². The molecule has 1 saturated heterocycles. The van der Waals surface area contributed by atoms with Crippen LogP contribution in [-0.4, -0.2) is 47.8 Å². The van der Waals surface area contributed by atoms with Crippen LogP contribution in [-0.2, 0) is 0 Å². The maximum atomic E-state index is 10.3. The minimum Gasteiger partial charge on any atom is -0.387 e. The van der Waals surface area contributed by atoms with Gasteiger partial charge in [-0.25, -0.2) is 0 Å². The summed E-state index contributed by atoms with van der Waals surface area (Å²) in [6.45, 7) is 5.92. The van der Waals surface area contributed by atoms with Crippen molar-refractivity contribution in [3.05, 3.63) is 12.2 Å². The number of likely N-dealkylation sites (N-methyl/N-ethyl adjacent to an activating group) is 1. The summed E-state index contributed by atoms with van der Waals surface area (Å²) in [6.07, 6.45) is 5.08. The summed E-state index contributed by atoms with van der Waals surface area (Å²) in [4.78, 5) is 2.30. The molecule has 0 aromatic rings. The summed E-state index contributed by atoms with van der Waals surface area (Å²) < 4.78 is 0. The third-order valence-electron chi connectivity index (χ3n) is 3.17. The zero-order chi connectivity index (χ0) is 9.31. The van der Waals surface area contributed by atoms with Crippen molar-refractivity contribution in [1.29, 1.82) is 0 Å². The van der Waals surface area contributed by atoms with E-state index in [1.54, 1.807) is 0 Å². The van der Waals surface area contributed by atoms with Crippen molar-refractivity contribution in [1.82, 2.24) is 10.2 Å². The van der Waals surface area contributed by atoms with Gasteiger partial charge >= 0.3 is 0 Å². The van der Waals surface area contributed by atoms with E-state index in [2.05, 4.69) is 29.3 Å². The number of hydrogen-bond donors (Lipinski definition) is 2. The molecule has 3 nitrogen and oxygen atoms in total. The van der Waals surface area contributed by atoms with Gasteiger partial charge in [-0.1, -0.05) is 19.1 Å². The molecule has 0 aromatic carbocycles. The SMILES string of the molecule is CCN1CCC(O)(C2C=CCN2)C1. The molecule has 0 bridgehead atoms. The molecule has 13 heavy (non-hydrogen) atoms. The van der Waals surface area contributed by atoms with E-state index in [1.807, 2.05) is 0 Å². The number of likely N-dealkylation sites (tertiary alicyclic amines) is 1. The summed E-state index contributed by atoms with van der Waals surface area (Å²) >= 11 is 0. The van der Waals surface area contributed by atoms with E-state index in [0.29, 0.717) is 0 Å². The minimum absolute atomic E-state index is 0.170. The monoisotopic (exact) mass is 182 g/mol. The first kappa shape index (κ1) is 9.19. The van der Waals surface area contributed by atoms with Gasteiger partial charge in [0.25, 0.3) is 0 Å². The molecular weight excluding hydrogens is 164 g/mol. The molecule has 3 heteroatoms. The summed E-state index contributed by atoms with van der Waals surface area (Å²) in [5.41, 5.74) is -0.525. The van der Waals surface area contributed by atoms with Crippen molar-refractivity contribution in [2.75, 3.05) is 26.2 Å². The Kier molecular flexibility index (Phi) is 2.41. The van der Waals surface area contributed by atoms with E-state index >= 15 is 0 Å². The maximum absolute atomic E-state index is 10.3. The largest absolute Gasteiger partial charge is 0.387 e. The molecule has 0 saturated carbocycles. The van der Waals surface area contributed by atoms with Gasteiger partial charge in [-0.2, -0.15) is 0 Å². The van der Waals surface area contributed by atoms with Gasteiger partial charge in [0.15, 0.2) is 0 Å². The summed E-state index contributed by atoms with van der Waals surface area (Å²) in [6, 6.07) is 0.170. The summed E-state index contributed by atoms with van der Waals surface area (Å²) in [5, 5.41) is 13.6. The van der Waals surface area contributed by atoms with E-state index < -0.39 is 5.60 Å². The molecule has 2 unspecified atom stereocenters. The lowest BCUT2D eigenvalue weighted by atomic mass is 9.94. The second-order valence-electron chi connectivity index (χ2n) is 4.04. The Morgan fingerprint density at radius 3 is 3.08 bits per heavy atom. The molecule has 0 amide bonds. The Labute approximate surface area is 79.4 Å². The number of hydrogen-bond acceptors (Lipinski definition) is 3. The molecule has 2 aliphatic heterocycles. The van der Waals surface area contributed by atoms with E-state index in [9.17, 15) is 5.11 Å². The van der Waals surface area contributed by atoms with E-state index in [0.717, 1.165) is 32.6 Å². The topological polar surface area (TPSA) is 35.5 Å². The Morgan fingerprint density at radius 1 is 1.69 bits per heavy atom. The average molecular weight is 182 g/mol. The van der Waals surface area contributed by atoms with Crippen molar-refractivity contribution >= 4 is 0 Å². The normalized spacial score (nSPS) is 40.3. The van der Waals surface area contributed by atoms with Crippen molar-refractivity contribution in [2.45, 2.75) is 25.0 Å². The van der Waals surface area contributed by atoms with E-state index in [-0.39, 0.29) is 6.04 Å². The van der Waals surface area contributed by atoms with Gasteiger partial charge < -0.3 is 15.3 Å². The third-order valence-corrected chi connectivity index (χ3v) is 3.17. The summed E-state index contributed by atoms with van der Waals surface area (Å²) in [7, 11) is 0. The molecule has 0 radical (unpaired) electrons. The second-order valence-corrected chi connectivity index (χ2v) is 4.04. The first-order valence-corrected chi connectivity index (χ1v) is 5.09. The smallest absolute Gasteiger partial charge is 0.0973 e. The molecule has 0 aromatic heterocycles. The zero-order valence-corrected chi connectivity index (χ0v) is 8.16. The highest BCUT2D eigenvalue weighted by molar-refractivity contribution is 5.13. The van der Waals surface area contributed by atoms with Crippen LogP contribution >= 0.6 is 0 Å². The Morgan fingerprint density at radius 2 is 2.54 bits per heavy atom. The number of β-amino-alcohol motifs (C(OH)–C–C–N with tert-alkyl or cyclic N) is 1. The van der Waals surface area contributed by atoms with Crippen molar-refractivity contribution in [2.24, 2.45) is 0 Å². The van der Waals surface area contributed by atoms with Gasteiger partial charge in [0, 0.05) is 19.6 Å². The minimum atomic E-state index is -0.525. The molecule has 2 atom stereocenters. The van der Waals surface area contributed by atoms with Gasteiger partial charge in [-0.05, 0) is 13.0 Å². The molecule has 2 heterocycles. The molecule has 2 rings (SSSR count). The molecule has 74 valence electrons. The third kappa shape index (κ3) is 1.64. The molecule has 2 N–H and O–H groups in total. The fourth-order valence-corrected chi connectivity index (χ4v) is 2.26. The van der Waals surface area contributed by atoms with Crippen LogP contribution in [0.5, 0.6) is 0 Å². The average Bonchev–Trinajstić information content (AvgIpc) is 2.72. The van der Waals surface area contributed by atoms with Crippen LogP contribution in [0.1, 0.15) is 13.3 Å². The Hall–Kier alpha value is -0.380. The van der Waals surface area contributed by atoms with Crippen LogP contribution in [0.25, 0.3) is 0 Å². The maximum Gasteiger partial charge on any atom is 0.0973 e. The van der Waals surface area contributed by atoms with Gasteiger partial charge in [-0.3, -0.25) is 0 Å². The zero-order valence-electron chi connectivity index (χ0n) is 8.16. The van der Waals surface area contributed by atoms with Gasteiger partial charge in [0.2, 0.25) is 0 Å². The predicted molar refractivity (Wildman–Crippen MR) is 52.6 cm³/mol. The van der Waals surface area contributed by atoms with Gasteiger partial charge in [0.1, 0.15) is 0 Å². The van der Waals surface area contributed by atoms with Crippen LogP contribution in [0, 0.1) is 0 Å². The van der Waals surface area contributed by atoms with E-state index in [4.69, 9.17) is 0 Å². The lowest BCUT2D eigenvalue weighted by Crippen LogP contribution is -2.49. The van der Waals surface area contributed by atoms with Crippen LogP contribution in [0.15, 0.2) is 12.2 Å². The van der Waals surface area contributed by atoms with Crippen molar-refractivity contribution in [3.8, 4) is 0 Å². The van der Waals surface area contributed by atoms with Crippen molar-refractivity contribution < 1.29 is 5.11 Å². The number of nitrogens with zero attached hydrogens (tertiary/aromatic N) is 1. The second kappa shape index (κ2) is 3.40. The number of rotatable bonds is 2. The standard InChI is InChI=1S/C10H18N2O/c1-2-12-7-5-10(13,8-12)9-4-3-6-11-9/h3-4,9,11,13H,2,5-8H2,1H3. The lowest BCUT2D eigenvalue weighted by molar-refractivity contribution is 0.0296. The molecule has 0 aliphatic carbocycles. The summed E-state index contributed by atoms with van der Waals surface area (Å²) in [5.74, 6) is 0. The lowest BCUT2D eigenvalue weighted by Gasteiger charge is -2.29. The predicted octanol–water partition coefficient (Wildman–Crippen LogP) is -0.0289. The molecular formula is C10H18N2O. The highest BCUT2D eigenvalue weighted by Gasteiger charge is 2.41. The van der Waals surface area contributed by atoms with Gasteiger partial charge in [-0.15, -0.1) is 0 Å². The first-order valence-electron chi connectivity index (χ1n) is 5.09. The van der Waals surface area contributed by atoms with Gasteiger partial charge in [0.05, 0.1) is 11.6 Å². The van der Waals surface area contributed by atoms with Crippen LogP contribution in [0.4, 0.5) is 0 Å². The van der Waals surface area contributed by atoms with Crippen LogP contribution in [0.2, 0.25) is 0 Å². The fourth-order valence-electron chi connectivity index (χ4n) is 2.26.